The topological polar surface area (TPSA) is 52.6 Å². The maximum Gasteiger partial charge on any atom is 0.338 e. The summed E-state index contributed by atoms with van der Waals surface area (Å²) in [5.74, 6) is -0.770. The summed E-state index contributed by atoms with van der Waals surface area (Å²) in [7, 11) is 2.69. The van der Waals surface area contributed by atoms with Crippen molar-refractivity contribution < 1.29 is 19.1 Å². The second-order valence-corrected chi connectivity index (χ2v) is 4.53. The van der Waals surface area contributed by atoms with E-state index in [1.165, 1.54) is 14.2 Å². The van der Waals surface area contributed by atoms with Gasteiger partial charge in [-0.05, 0) is 29.3 Å². The molecule has 0 atom stereocenters. The van der Waals surface area contributed by atoms with Crippen molar-refractivity contribution in [3.05, 3.63) is 70.8 Å². The zero-order chi connectivity index (χ0) is 15.9. The van der Waals surface area contributed by atoms with Crippen LogP contribution in [0, 0.1) is 0 Å². The van der Waals surface area contributed by atoms with Crippen molar-refractivity contribution >= 4 is 24.1 Å². The lowest BCUT2D eigenvalue weighted by atomic mass is 10.0. The summed E-state index contributed by atoms with van der Waals surface area (Å²) in [6.07, 6.45) is 3.64. The van der Waals surface area contributed by atoms with E-state index < -0.39 is 0 Å². The average Bonchev–Trinajstić information content (AvgIpc) is 2.59. The maximum atomic E-state index is 11.7. The highest BCUT2D eigenvalue weighted by molar-refractivity contribution is 5.95. The zero-order valence-corrected chi connectivity index (χ0v) is 12.4. The second kappa shape index (κ2) is 7.22. The van der Waals surface area contributed by atoms with Crippen LogP contribution in [-0.4, -0.2) is 26.2 Å². The van der Waals surface area contributed by atoms with Crippen LogP contribution in [0.5, 0.6) is 0 Å². The summed E-state index contributed by atoms with van der Waals surface area (Å²) in [5.41, 5.74) is 2.55. The van der Waals surface area contributed by atoms with Gasteiger partial charge in [0.25, 0.3) is 0 Å². The predicted octanol–water partition coefficient (Wildman–Crippen LogP) is 3.43. The lowest BCUT2D eigenvalue weighted by Crippen LogP contribution is -2.03. The van der Waals surface area contributed by atoms with Gasteiger partial charge in [0, 0.05) is 0 Å². The highest BCUT2D eigenvalue weighted by Gasteiger charge is 2.08. The molecular weight excluding hydrogens is 280 g/mol. The van der Waals surface area contributed by atoms with Crippen LogP contribution in [0.3, 0.4) is 0 Å². The van der Waals surface area contributed by atoms with Gasteiger partial charge in [0.1, 0.15) is 0 Å². The van der Waals surface area contributed by atoms with E-state index in [1.807, 2.05) is 30.4 Å². The van der Waals surface area contributed by atoms with E-state index in [4.69, 9.17) is 9.47 Å². The van der Waals surface area contributed by atoms with Gasteiger partial charge in [-0.25, -0.2) is 9.59 Å². The molecular formula is C18H16O4. The molecule has 0 fully saturated rings. The molecule has 0 aliphatic carbocycles. The molecule has 0 bridgehead atoms. The minimum atomic E-state index is -0.386. The van der Waals surface area contributed by atoms with Crippen molar-refractivity contribution in [3.8, 4) is 0 Å². The van der Waals surface area contributed by atoms with Crippen LogP contribution in [-0.2, 0) is 9.47 Å². The average molecular weight is 296 g/mol. The van der Waals surface area contributed by atoms with Crippen molar-refractivity contribution in [1.82, 2.24) is 0 Å². The maximum absolute atomic E-state index is 11.7. The molecule has 4 nitrogen and oxygen atoms in total. The molecule has 0 aromatic heterocycles. The highest BCUT2D eigenvalue weighted by atomic mass is 16.5. The van der Waals surface area contributed by atoms with Gasteiger partial charge in [-0.2, -0.15) is 0 Å². The third-order valence-electron chi connectivity index (χ3n) is 3.13. The summed E-state index contributed by atoms with van der Waals surface area (Å²) >= 11 is 0. The first-order valence-corrected chi connectivity index (χ1v) is 6.69. The molecule has 0 saturated carbocycles. The van der Waals surface area contributed by atoms with Crippen molar-refractivity contribution in [2.24, 2.45) is 0 Å². The molecule has 0 heterocycles. The van der Waals surface area contributed by atoms with Gasteiger partial charge < -0.3 is 9.47 Å². The van der Waals surface area contributed by atoms with Gasteiger partial charge >= 0.3 is 11.9 Å². The number of hydrogen-bond donors (Lipinski definition) is 0. The number of methoxy groups -OCH3 is 2. The fourth-order valence-electron chi connectivity index (χ4n) is 2.01. The SMILES string of the molecule is COC(=O)c1cccc(/C=C/c2ccccc2C(=O)OC)c1. The Kier molecular flexibility index (Phi) is 5.09. The number of carbonyl (C=O) groups is 2. The number of benzene rings is 2. The van der Waals surface area contributed by atoms with Gasteiger partial charge in [0.15, 0.2) is 0 Å². The van der Waals surface area contributed by atoms with Crippen molar-refractivity contribution in [1.29, 1.82) is 0 Å². The van der Waals surface area contributed by atoms with Crippen molar-refractivity contribution in [2.75, 3.05) is 14.2 Å². The molecule has 0 aliphatic heterocycles. The fourth-order valence-corrected chi connectivity index (χ4v) is 2.01. The Bertz CT molecular complexity index is 717. The summed E-state index contributed by atoms with van der Waals surface area (Å²) in [5, 5.41) is 0. The fraction of sp³-hybridized carbons (Fsp3) is 0.111. The van der Waals surface area contributed by atoms with Crippen molar-refractivity contribution in [3.63, 3.8) is 0 Å². The molecule has 112 valence electrons. The Balaban J connectivity index is 2.30. The Morgan fingerprint density at radius 3 is 2.32 bits per heavy atom. The molecule has 4 heteroatoms. The van der Waals surface area contributed by atoms with Gasteiger partial charge in [-0.15, -0.1) is 0 Å². The largest absolute Gasteiger partial charge is 0.465 e. The highest BCUT2D eigenvalue weighted by Crippen LogP contribution is 2.15. The van der Waals surface area contributed by atoms with E-state index in [2.05, 4.69) is 0 Å². The molecule has 0 spiro atoms. The molecule has 2 rings (SSSR count). The Hall–Kier alpha value is -2.88. The monoisotopic (exact) mass is 296 g/mol. The van der Waals surface area contributed by atoms with E-state index in [0.29, 0.717) is 11.1 Å². The molecule has 2 aromatic carbocycles. The van der Waals surface area contributed by atoms with E-state index >= 15 is 0 Å². The Labute approximate surface area is 129 Å². The molecule has 0 amide bonds. The summed E-state index contributed by atoms with van der Waals surface area (Å²) in [6, 6.07) is 14.2. The van der Waals surface area contributed by atoms with Crippen LogP contribution in [0.15, 0.2) is 48.5 Å². The van der Waals surface area contributed by atoms with E-state index in [0.717, 1.165) is 11.1 Å². The van der Waals surface area contributed by atoms with E-state index in [-0.39, 0.29) is 11.9 Å². The van der Waals surface area contributed by atoms with Crippen LogP contribution in [0.25, 0.3) is 12.2 Å². The number of rotatable bonds is 4. The van der Waals surface area contributed by atoms with Gasteiger partial charge in [0.05, 0.1) is 25.3 Å². The molecule has 0 aliphatic rings. The summed E-state index contributed by atoms with van der Waals surface area (Å²) < 4.78 is 9.46. The van der Waals surface area contributed by atoms with Crippen molar-refractivity contribution in [2.45, 2.75) is 0 Å². The smallest absolute Gasteiger partial charge is 0.338 e. The Morgan fingerprint density at radius 2 is 1.59 bits per heavy atom. The van der Waals surface area contributed by atoms with Crippen LogP contribution in [0.2, 0.25) is 0 Å². The van der Waals surface area contributed by atoms with Gasteiger partial charge in [-0.3, -0.25) is 0 Å². The minimum absolute atomic E-state index is 0.384. The Morgan fingerprint density at radius 1 is 0.864 bits per heavy atom. The summed E-state index contributed by atoms with van der Waals surface area (Å²) in [6.45, 7) is 0. The van der Waals surface area contributed by atoms with E-state index in [9.17, 15) is 9.59 Å². The third kappa shape index (κ3) is 3.61. The minimum Gasteiger partial charge on any atom is -0.465 e. The second-order valence-electron chi connectivity index (χ2n) is 4.53. The van der Waals surface area contributed by atoms with Crippen LogP contribution < -0.4 is 0 Å². The first-order valence-electron chi connectivity index (χ1n) is 6.69. The standard InChI is InChI=1S/C18H16O4/c1-21-17(19)15-8-5-6-13(12-15)10-11-14-7-3-4-9-16(14)18(20)22-2/h3-12H,1-2H3/b11-10+. The first kappa shape index (κ1) is 15.5. The predicted molar refractivity (Wildman–Crippen MR) is 84.5 cm³/mol. The van der Waals surface area contributed by atoms with E-state index in [1.54, 1.807) is 30.3 Å². The molecule has 0 saturated heterocycles. The number of ether oxygens (including phenoxy) is 2. The number of hydrogen-bond acceptors (Lipinski definition) is 4. The molecule has 0 radical (unpaired) electrons. The summed E-state index contributed by atoms with van der Waals surface area (Å²) in [4.78, 5) is 23.2. The molecule has 0 N–H and O–H groups in total. The van der Waals surface area contributed by atoms with Gasteiger partial charge in [-0.1, -0.05) is 42.5 Å². The molecule has 2 aromatic rings. The molecule has 22 heavy (non-hydrogen) atoms. The van der Waals surface area contributed by atoms with Gasteiger partial charge in [0.2, 0.25) is 0 Å². The first-order chi connectivity index (χ1) is 10.7. The number of esters is 2. The quantitative estimate of drug-likeness (QED) is 0.640. The lowest BCUT2D eigenvalue weighted by Gasteiger charge is -2.04. The normalized spacial score (nSPS) is 10.5. The van der Waals surface area contributed by atoms with Crippen LogP contribution in [0.1, 0.15) is 31.8 Å². The third-order valence-corrected chi connectivity index (χ3v) is 3.13. The lowest BCUT2D eigenvalue weighted by molar-refractivity contribution is 0.0591. The zero-order valence-electron chi connectivity index (χ0n) is 12.4. The van der Waals surface area contributed by atoms with Crippen LogP contribution in [0.4, 0.5) is 0 Å². The molecule has 0 unspecified atom stereocenters. The van der Waals surface area contributed by atoms with Crippen LogP contribution >= 0.6 is 0 Å². The number of carbonyl (C=O) groups excluding carboxylic acids is 2.